The summed E-state index contributed by atoms with van der Waals surface area (Å²) < 4.78 is 10.5. The Kier molecular flexibility index (Phi) is 5.58. The first-order valence-electron chi connectivity index (χ1n) is 5.58. The van der Waals surface area contributed by atoms with Gasteiger partial charge in [-0.05, 0) is 13.8 Å². The zero-order chi connectivity index (χ0) is 12.0. The fourth-order valence-corrected chi connectivity index (χ4v) is 2.24. The molecule has 1 aliphatic heterocycles. The standard InChI is InChI=1S/C11H21NO3S/c1-11(2,14-3)4-6-15-10(13)9-8-16-7-5-12-9/h9,12H,4-8H2,1-3H3. The summed E-state index contributed by atoms with van der Waals surface area (Å²) in [5.74, 6) is 1.74. The first-order valence-corrected chi connectivity index (χ1v) is 6.73. The zero-order valence-electron chi connectivity index (χ0n) is 10.2. The Morgan fingerprint density at radius 2 is 2.31 bits per heavy atom. The van der Waals surface area contributed by atoms with Gasteiger partial charge in [0, 0.05) is 31.6 Å². The minimum Gasteiger partial charge on any atom is -0.464 e. The van der Waals surface area contributed by atoms with Gasteiger partial charge >= 0.3 is 5.97 Å². The highest BCUT2D eigenvalue weighted by Crippen LogP contribution is 2.13. The molecule has 5 heteroatoms. The monoisotopic (exact) mass is 247 g/mol. The van der Waals surface area contributed by atoms with Crippen molar-refractivity contribution in [3.05, 3.63) is 0 Å². The van der Waals surface area contributed by atoms with Crippen LogP contribution in [0.3, 0.4) is 0 Å². The Bertz CT molecular complexity index is 227. The second-order valence-corrected chi connectivity index (χ2v) is 5.61. The van der Waals surface area contributed by atoms with Crippen LogP contribution in [0.4, 0.5) is 0 Å². The number of rotatable bonds is 5. The number of carbonyl (C=O) groups is 1. The van der Waals surface area contributed by atoms with Gasteiger partial charge in [-0.2, -0.15) is 11.8 Å². The molecule has 1 fully saturated rings. The molecule has 0 aliphatic carbocycles. The third-order valence-electron chi connectivity index (χ3n) is 2.71. The van der Waals surface area contributed by atoms with Gasteiger partial charge in [-0.25, -0.2) is 0 Å². The molecule has 1 saturated heterocycles. The summed E-state index contributed by atoms with van der Waals surface area (Å²) in [6.07, 6.45) is 0.717. The number of hydrogen-bond donors (Lipinski definition) is 1. The van der Waals surface area contributed by atoms with Crippen LogP contribution in [-0.2, 0) is 14.3 Å². The number of methoxy groups -OCH3 is 1. The Morgan fingerprint density at radius 3 is 2.88 bits per heavy atom. The molecule has 0 aromatic carbocycles. The molecular weight excluding hydrogens is 226 g/mol. The van der Waals surface area contributed by atoms with Crippen LogP contribution in [0.25, 0.3) is 0 Å². The Balaban J connectivity index is 2.19. The fourth-order valence-electron chi connectivity index (χ4n) is 1.32. The topological polar surface area (TPSA) is 47.6 Å². The SMILES string of the molecule is COC(C)(C)CCOC(=O)C1CSCCN1. The number of thioether (sulfide) groups is 1. The van der Waals surface area contributed by atoms with Gasteiger partial charge in [-0.15, -0.1) is 0 Å². The fraction of sp³-hybridized carbons (Fsp3) is 0.909. The van der Waals surface area contributed by atoms with E-state index >= 15 is 0 Å². The number of esters is 1. The molecule has 0 amide bonds. The maximum absolute atomic E-state index is 11.6. The first-order chi connectivity index (χ1) is 7.55. The molecule has 1 aliphatic rings. The average molecular weight is 247 g/mol. The normalized spacial score (nSPS) is 21.8. The second-order valence-electron chi connectivity index (χ2n) is 4.46. The van der Waals surface area contributed by atoms with E-state index in [-0.39, 0.29) is 17.6 Å². The van der Waals surface area contributed by atoms with Gasteiger partial charge in [-0.1, -0.05) is 0 Å². The van der Waals surface area contributed by atoms with Crippen LogP contribution in [0, 0.1) is 0 Å². The van der Waals surface area contributed by atoms with Crippen LogP contribution in [0.2, 0.25) is 0 Å². The van der Waals surface area contributed by atoms with E-state index < -0.39 is 0 Å². The largest absolute Gasteiger partial charge is 0.464 e. The van der Waals surface area contributed by atoms with Crippen LogP contribution >= 0.6 is 11.8 Å². The summed E-state index contributed by atoms with van der Waals surface area (Å²) in [6, 6.07) is -0.135. The van der Waals surface area contributed by atoms with E-state index in [0.717, 1.165) is 24.5 Å². The first kappa shape index (κ1) is 13.8. The van der Waals surface area contributed by atoms with Gasteiger partial charge in [0.2, 0.25) is 0 Å². The summed E-state index contributed by atoms with van der Waals surface area (Å²) in [7, 11) is 1.67. The predicted molar refractivity (Wildman–Crippen MR) is 65.8 cm³/mol. The van der Waals surface area contributed by atoms with Crippen molar-refractivity contribution in [2.75, 3.05) is 31.8 Å². The van der Waals surface area contributed by atoms with Crippen molar-refractivity contribution >= 4 is 17.7 Å². The quantitative estimate of drug-likeness (QED) is 0.736. The minimum absolute atomic E-state index is 0.135. The number of ether oxygens (including phenoxy) is 2. The van der Waals surface area contributed by atoms with Crippen molar-refractivity contribution in [3.63, 3.8) is 0 Å². The molecule has 1 atom stereocenters. The van der Waals surface area contributed by atoms with E-state index in [0.29, 0.717) is 6.61 Å². The highest BCUT2D eigenvalue weighted by molar-refractivity contribution is 7.99. The molecule has 16 heavy (non-hydrogen) atoms. The number of hydrogen-bond acceptors (Lipinski definition) is 5. The smallest absolute Gasteiger partial charge is 0.323 e. The van der Waals surface area contributed by atoms with Crippen LogP contribution in [-0.4, -0.2) is 49.4 Å². The van der Waals surface area contributed by atoms with Crippen molar-refractivity contribution < 1.29 is 14.3 Å². The van der Waals surface area contributed by atoms with E-state index in [1.807, 2.05) is 13.8 Å². The lowest BCUT2D eigenvalue weighted by Gasteiger charge is -2.24. The third-order valence-corrected chi connectivity index (χ3v) is 3.77. The summed E-state index contributed by atoms with van der Waals surface area (Å²) in [5.41, 5.74) is -0.227. The van der Waals surface area contributed by atoms with Crippen LogP contribution in [0.15, 0.2) is 0 Å². The highest BCUT2D eigenvalue weighted by atomic mass is 32.2. The Labute approximate surface area is 101 Å². The van der Waals surface area contributed by atoms with Gasteiger partial charge in [-0.3, -0.25) is 4.79 Å². The van der Waals surface area contributed by atoms with Gasteiger partial charge in [0.05, 0.1) is 12.2 Å². The van der Waals surface area contributed by atoms with E-state index in [2.05, 4.69) is 5.32 Å². The van der Waals surface area contributed by atoms with Gasteiger partial charge in [0.15, 0.2) is 0 Å². The molecule has 1 N–H and O–H groups in total. The van der Waals surface area contributed by atoms with Crippen LogP contribution < -0.4 is 5.32 Å². The summed E-state index contributed by atoms with van der Waals surface area (Å²) in [6.45, 7) is 5.27. The van der Waals surface area contributed by atoms with E-state index in [1.54, 1.807) is 18.9 Å². The zero-order valence-corrected chi connectivity index (χ0v) is 11.1. The molecule has 1 unspecified atom stereocenters. The maximum Gasteiger partial charge on any atom is 0.323 e. The molecule has 0 bridgehead atoms. The van der Waals surface area contributed by atoms with E-state index in [1.165, 1.54) is 0 Å². The molecule has 0 radical (unpaired) electrons. The van der Waals surface area contributed by atoms with Crippen molar-refractivity contribution in [2.45, 2.75) is 31.9 Å². The number of nitrogens with one attached hydrogen (secondary N) is 1. The average Bonchev–Trinajstić information content (AvgIpc) is 2.30. The van der Waals surface area contributed by atoms with Crippen LogP contribution in [0.1, 0.15) is 20.3 Å². The summed E-state index contributed by atoms with van der Waals surface area (Å²) in [4.78, 5) is 11.6. The molecule has 94 valence electrons. The lowest BCUT2D eigenvalue weighted by atomic mass is 10.1. The molecular formula is C11H21NO3S. The van der Waals surface area contributed by atoms with Crippen molar-refractivity contribution in [3.8, 4) is 0 Å². The highest BCUT2D eigenvalue weighted by Gasteiger charge is 2.23. The molecule has 0 saturated carbocycles. The Hall–Kier alpha value is -0.260. The van der Waals surface area contributed by atoms with E-state index in [4.69, 9.17) is 9.47 Å². The molecule has 1 heterocycles. The van der Waals surface area contributed by atoms with Crippen molar-refractivity contribution in [2.24, 2.45) is 0 Å². The lowest BCUT2D eigenvalue weighted by Crippen LogP contribution is -2.44. The molecule has 0 spiro atoms. The van der Waals surface area contributed by atoms with Crippen molar-refractivity contribution in [1.29, 1.82) is 0 Å². The van der Waals surface area contributed by atoms with Gasteiger partial charge < -0.3 is 14.8 Å². The predicted octanol–water partition coefficient (Wildman–Crippen LogP) is 1.05. The second kappa shape index (κ2) is 6.47. The molecule has 1 rings (SSSR count). The minimum atomic E-state index is -0.227. The molecule has 4 nitrogen and oxygen atoms in total. The summed E-state index contributed by atoms with van der Waals surface area (Å²) >= 11 is 1.79. The van der Waals surface area contributed by atoms with Gasteiger partial charge in [0.25, 0.3) is 0 Å². The molecule has 0 aromatic rings. The molecule has 0 aromatic heterocycles. The van der Waals surface area contributed by atoms with E-state index in [9.17, 15) is 4.79 Å². The third kappa shape index (κ3) is 4.72. The van der Waals surface area contributed by atoms with Crippen LogP contribution in [0.5, 0.6) is 0 Å². The number of carbonyl (C=O) groups excluding carboxylic acids is 1. The summed E-state index contributed by atoms with van der Waals surface area (Å²) in [5, 5.41) is 3.15. The van der Waals surface area contributed by atoms with Gasteiger partial charge in [0.1, 0.15) is 6.04 Å². The Morgan fingerprint density at radius 1 is 1.56 bits per heavy atom. The van der Waals surface area contributed by atoms with Crippen molar-refractivity contribution in [1.82, 2.24) is 5.32 Å². The lowest BCUT2D eigenvalue weighted by molar-refractivity contribution is -0.147. The maximum atomic E-state index is 11.6.